The normalized spacial score (nSPS) is 11.0. The van der Waals surface area contributed by atoms with Gasteiger partial charge < -0.3 is 28.8 Å². The van der Waals surface area contributed by atoms with Gasteiger partial charge in [0.2, 0.25) is 5.75 Å². The number of nitrogens with one attached hydrogen (secondary N) is 1. The lowest BCUT2D eigenvalue weighted by Gasteiger charge is -2.14. The summed E-state index contributed by atoms with van der Waals surface area (Å²) in [5.74, 6) is 1.22. The predicted molar refractivity (Wildman–Crippen MR) is 112 cm³/mol. The molecule has 0 unspecified atom stereocenters. The van der Waals surface area contributed by atoms with Crippen molar-refractivity contribution >= 4 is 16.9 Å². The molecule has 1 N–H and O–H groups in total. The van der Waals surface area contributed by atoms with E-state index in [1.807, 2.05) is 32.4 Å². The number of fused-ring (bicyclic) bond motifs is 1. The standard InChI is InChI=1S/C22H26N2O5/c1-24(2)10-9-14-13-23-16-7-6-8-17(20(14)16)29-22(25)15-11-18(26-3)21(28-5)19(12-15)27-4/h6-8,11-13,23H,9-10H2,1-5H3. The zero-order valence-corrected chi connectivity index (χ0v) is 17.4. The highest BCUT2D eigenvalue weighted by Crippen LogP contribution is 2.38. The van der Waals surface area contributed by atoms with Gasteiger partial charge in [-0.05, 0) is 50.3 Å². The molecule has 0 aliphatic heterocycles. The maximum absolute atomic E-state index is 12.9. The van der Waals surface area contributed by atoms with Crippen LogP contribution in [0.1, 0.15) is 15.9 Å². The summed E-state index contributed by atoms with van der Waals surface area (Å²) in [4.78, 5) is 18.3. The summed E-state index contributed by atoms with van der Waals surface area (Å²) in [6, 6.07) is 8.77. The Morgan fingerprint density at radius 3 is 2.28 bits per heavy atom. The molecule has 0 saturated heterocycles. The molecular weight excluding hydrogens is 372 g/mol. The lowest BCUT2D eigenvalue weighted by atomic mass is 10.1. The van der Waals surface area contributed by atoms with Gasteiger partial charge >= 0.3 is 5.97 Å². The van der Waals surface area contributed by atoms with Crippen LogP contribution in [0.3, 0.4) is 0 Å². The van der Waals surface area contributed by atoms with Crippen molar-refractivity contribution in [2.45, 2.75) is 6.42 Å². The van der Waals surface area contributed by atoms with Gasteiger partial charge in [-0.25, -0.2) is 4.79 Å². The zero-order valence-electron chi connectivity index (χ0n) is 17.4. The number of likely N-dealkylation sites (N-methyl/N-ethyl adjacent to an activating group) is 1. The molecule has 2 aromatic carbocycles. The molecule has 7 heteroatoms. The summed E-state index contributed by atoms with van der Waals surface area (Å²) >= 11 is 0. The first-order valence-electron chi connectivity index (χ1n) is 9.24. The second kappa shape index (κ2) is 8.87. The first kappa shape index (κ1) is 20.5. The highest BCUT2D eigenvalue weighted by Gasteiger charge is 2.20. The van der Waals surface area contributed by atoms with Crippen LogP contribution in [0.15, 0.2) is 36.5 Å². The van der Waals surface area contributed by atoms with E-state index < -0.39 is 5.97 Å². The summed E-state index contributed by atoms with van der Waals surface area (Å²) in [5, 5.41) is 0.912. The third-order valence-electron chi connectivity index (χ3n) is 4.68. The average molecular weight is 398 g/mol. The summed E-state index contributed by atoms with van der Waals surface area (Å²) in [6.07, 6.45) is 2.80. The number of hydrogen-bond donors (Lipinski definition) is 1. The molecule has 0 bridgehead atoms. The zero-order chi connectivity index (χ0) is 21.0. The van der Waals surface area contributed by atoms with Crippen LogP contribution < -0.4 is 18.9 Å². The minimum Gasteiger partial charge on any atom is -0.493 e. The number of carbonyl (C=O) groups excluding carboxylic acids is 1. The summed E-state index contributed by atoms with van der Waals surface area (Å²) in [7, 11) is 8.58. The number of carbonyl (C=O) groups is 1. The maximum atomic E-state index is 12.9. The van der Waals surface area contributed by atoms with E-state index in [1.165, 1.54) is 21.3 Å². The number of rotatable bonds is 8. The Kier molecular flexibility index (Phi) is 6.29. The third-order valence-corrected chi connectivity index (χ3v) is 4.68. The van der Waals surface area contributed by atoms with Crippen LogP contribution in [0.2, 0.25) is 0 Å². The molecule has 0 atom stereocenters. The fourth-order valence-corrected chi connectivity index (χ4v) is 3.20. The molecule has 0 amide bonds. The molecule has 0 saturated carbocycles. The van der Waals surface area contributed by atoms with E-state index in [1.54, 1.807) is 18.2 Å². The fourth-order valence-electron chi connectivity index (χ4n) is 3.20. The Bertz CT molecular complexity index is 985. The molecule has 0 aliphatic rings. The van der Waals surface area contributed by atoms with E-state index in [4.69, 9.17) is 18.9 Å². The Hall–Kier alpha value is -3.19. The number of aromatic nitrogens is 1. The molecule has 0 spiro atoms. The molecule has 154 valence electrons. The Morgan fingerprint density at radius 1 is 1.00 bits per heavy atom. The van der Waals surface area contributed by atoms with Gasteiger partial charge in [0, 0.05) is 23.6 Å². The highest BCUT2D eigenvalue weighted by molar-refractivity contribution is 5.97. The second-order valence-electron chi connectivity index (χ2n) is 6.85. The molecule has 1 aromatic heterocycles. The van der Waals surface area contributed by atoms with Crippen molar-refractivity contribution in [1.29, 1.82) is 0 Å². The minimum absolute atomic E-state index is 0.307. The van der Waals surface area contributed by atoms with Gasteiger partial charge in [0.15, 0.2) is 11.5 Å². The van der Waals surface area contributed by atoms with Crippen molar-refractivity contribution in [2.75, 3.05) is 42.0 Å². The Balaban J connectivity index is 1.95. The lowest BCUT2D eigenvalue weighted by molar-refractivity contribution is 0.0736. The summed E-state index contributed by atoms with van der Waals surface area (Å²) in [5.41, 5.74) is 2.33. The largest absolute Gasteiger partial charge is 0.493 e. The van der Waals surface area contributed by atoms with E-state index >= 15 is 0 Å². The van der Waals surface area contributed by atoms with Gasteiger partial charge in [-0.15, -0.1) is 0 Å². The lowest BCUT2D eigenvalue weighted by Crippen LogP contribution is -2.15. The fraction of sp³-hybridized carbons (Fsp3) is 0.318. The van der Waals surface area contributed by atoms with Gasteiger partial charge in [0.05, 0.1) is 26.9 Å². The third kappa shape index (κ3) is 4.30. The first-order valence-corrected chi connectivity index (χ1v) is 9.24. The van der Waals surface area contributed by atoms with Crippen molar-refractivity contribution in [3.05, 3.63) is 47.7 Å². The molecule has 1 heterocycles. The van der Waals surface area contributed by atoms with Crippen LogP contribution in [0, 0.1) is 0 Å². The van der Waals surface area contributed by atoms with Gasteiger partial charge in [0.25, 0.3) is 0 Å². The van der Waals surface area contributed by atoms with Crippen molar-refractivity contribution in [3.63, 3.8) is 0 Å². The van der Waals surface area contributed by atoms with Crippen LogP contribution >= 0.6 is 0 Å². The number of hydrogen-bond acceptors (Lipinski definition) is 6. The predicted octanol–water partition coefficient (Wildman–Crippen LogP) is 3.52. The van der Waals surface area contributed by atoms with E-state index in [0.29, 0.717) is 28.6 Å². The van der Waals surface area contributed by atoms with E-state index in [9.17, 15) is 4.79 Å². The van der Waals surface area contributed by atoms with E-state index in [2.05, 4.69) is 9.88 Å². The van der Waals surface area contributed by atoms with E-state index in [0.717, 1.165) is 29.4 Å². The number of aromatic amines is 1. The number of benzene rings is 2. The average Bonchev–Trinajstić information content (AvgIpc) is 3.15. The van der Waals surface area contributed by atoms with Crippen molar-refractivity contribution in [1.82, 2.24) is 9.88 Å². The van der Waals surface area contributed by atoms with Crippen molar-refractivity contribution in [3.8, 4) is 23.0 Å². The molecule has 3 rings (SSSR count). The van der Waals surface area contributed by atoms with Gasteiger partial charge in [0.1, 0.15) is 5.75 Å². The van der Waals surface area contributed by atoms with Crippen LogP contribution in [0.5, 0.6) is 23.0 Å². The molecule has 0 aliphatic carbocycles. The number of nitrogens with zero attached hydrogens (tertiary/aromatic N) is 1. The SMILES string of the molecule is COc1cc(C(=O)Oc2cccc3[nH]cc(CCN(C)C)c23)cc(OC)c1OC. The van der Waals surface area contributed by atoms with Crippen molar-refractivity contribution in [2.24, 2.45) is 0 Å². The monoisotopic (exact) mass is 398 g/mol. The Labute approximate surface area is 170 Å². The number of ether oxygens (including phenoxy) is 4. The molecule has 7 nitrogen and oxygen atoms in total. The summed E-state index contributed by atoms with van der Waals surface area (Å²) < 4.78 is 21.7. The minimum atomic E-state index is -0.503. The summed E-state index contributed by atoms with van der Waals surface area (Å²) in [6.45, 7) is 0.891. The smallest absolute Gasteiger partial charge is 0.343 e. The number of methoxy groups -OCH3 is 3. The van der Waals surface area contributed by atoms with Crippen LogP contribution in [0.4, 0.5) is 0 Å². The van der Waals surface area contributed by atoms with Crippen LogP contribution in [-0.4, -0.2) is 57.8 Å². The van der Waals surface area contributed by atoms with Gasteiger partial charge in [-0.3, -0.25) is 0 Å². The number of esters is 1. The van der Waals surface area contributed by atoms with E-state index in [-0.39, 0.29) is 0 Å². The van der Waals surface area contributed by atoms with Crippen LogP contribution in [-0.2, 0) is 6.42 Å². The molecule has 29 heavy (non-hydrogen) atoms. The highest BCUT2D eigenvalue weighted by atomic mass is 16.5. The van der Waals surface area contributed by atoms with Crippen molar-refractivity contribution < 1.29 is 23.7 Å². The second-order valence-corrected chi connectivity index (χ2v) is 6.85. The molecule has 0 radical (unpaired) electrons. The van der Waals surface area contributed by atoms with Gasteiger partial charge in [-0.2, -0.15) is 0 Å². The van der Waals surface area contributed by atoms with Crippen LogP contribution in [0.25, 0.3) is 10.9 Å². The molecule has 3 aromatic rings. The number of H-pyrrole nitrogens is 1. The molecule has 0 fully saturated rings. The first-order chi connectivity index (χ1) is 14.0. The quantitative estimate of drug-likeness (QED) is 0.462. The Morgan fingerprint density at radius 2 is 1.69 bits per heavy atom. The topological polar surface area (TPSA) is 73.0 Å². The molecular formula is C22H26N2O5. The van der Waals surface area contributed by atoms with Gasteiger partial charge in [-0.1, -0.05) is 6.07 Å². The maximum Gasteiger partial charge on any atom is 0.343 e.